The zero-order valence-electron chi connectivity index (χ0n) is 17.1. The Hall–Kier alpha value is -2.21. The number of anilines is 2. The van der Waals surface area contributed by atoms with Gasteiger partial charge >= 0.3 is 5.97 Å². The topological polar surface area (TPSA) is 59.5 Å². The highest BCUT2D eigenvalue weighted by molar-refractivity contribution is 7.14. The lowest BCUT2D eigenvalue weighted by Crippen LogP contribution is -2.23. The van der Waals surface area contributed by atoms with Gasteiger partial charge in [-0.2, -0.15) is 0 Å². The zero-order chi connectivity index (χ0) is 20.4. The number of para-hydroxylation sites is 1. The molecule has 1 aromatic carbocycles. The Morgan fingerprint density at radius 3 is 2.76 bits per heavy atom. The first-order valence-electron chi connectivity index (χ1n) is 10.5. The lowest BCUT2D eigenvalue weighted by molar-refractivity contribution is -0.146. The molecule has 2 aliphatic rings. The number of carbonyl (C=O) groups excluding carboxylic acids is 2. The molecule has 2 aromatic rings. The number of hydrogen-bond acceptors (Lipinski definition) is 5. The number of ether oxygens (including phenoxy) is 1. The minimum atomic E-state index is -0.128. The van der Waals surface area contributed by atoms with Crippen molar-refractivity contribution in [1.29, 1.82) is 0 Å². The molecule has 5 nitrogen and oxygen atoms in total. The molecule has 2 aliphatic carbocycles. The standard InChI is InChI=1S/C23H28N2O3S/c1-3-17-6-4-5-7-21(17)25(15(2)26)23-24-20(14-29-23)13-28-22(27)12-19-11-16-8-9-18(19)10-16/h4-7,14,16,18-19H,3,8-13H2,1-2H3/t16-,18+,19-/m0/s1. The molecule has 0 N–H and O–H groups in total. The van der Waals surface area contributed by atoms with Crippen molar-refractivity contribution in [3.63, 3.8) is 0 Å². The second kappa shape index (κ2) is 8.66. The summed E-state index contributed by atoms with van der Waals surface area (Å²) < 4.78 is 5.50. The van der Waals surface area contributed by atoms with E-state index in [2.05, 4.69) is 11.9 Å². The molecule has 4 rings (SSSR count). The number of benzene rings is 1. The van der Waals surface area contributed by atoms with Gasteiger partial charge in [-0.05, 0) is 55.1 Å². The second-order valence-electron chi connectivity index (χ2n) is 8.26. The van der Waals surface area contributed by atoms with Crippen LogP contribution in [0.15, 0.2) is 29.6 Å². The summed E-state index contributed by atoms with van der Waals surface area (Å²) in [7, 11) is 0. The van der Waals surface area contributed by atoms with Gasteiger partial charge < -0.3 is 4.74 Å². The van der Waals surface area contributed by atoms with E-state index in [-0.39, 0.29) is 18.5 Å². The second-order valence-corrected chi connectivity index (χ2v) is 9.09. The van der Waals surface area contributed by atoms with E-state index in [1.165, 1.54) is 37.0 Å². The minimum absolute atomic E-state index is 0.0833. The van der Waals surface area contributed by atoms with Gasteiger partial charge in [0.2, 0.25) is 5.91 Å². The summed E-state index contributed by atoms with van der Waals surface area (Å²) in [5, 5.41) is 2.47. The number of esters is 1. The minimum Gasteiger partial charge on any atom is -0.459 e. The SMILES string of the molecule is CCc1ccccc1N(C(C)=O)c1nc(COC(=O)C[C@@H]2C[C@H]3CC[C@@H]2C3)cs1. The third-order valence-electron chi connectivity index (χ3n) is 6.35. The van der Waals surface area contributed by atoms with E-state index >= 15 is 0 Å². The predicted molar refractivity (Wildman–Crippen MR) is 114 cm³/mol. The lowest BCUT2D eigenvalue weighted by Gasteiger charge is -2.21. The zero-order valence-corrected chi connectivity index (χ0v) is 17.9. The maximum Gasteiger partial charge on any atom is 0.306 e. The molecule has 2 saturated carbocycles. The molecule has 0 saturated heterocycles. The number of hydrogen-bond donors (Lipinski definition) is 0. The molecule has 154 valence electrons. The Bertz CT molecular complexity index is 894. The first-order valence-corrected chi connectivity index (χ1v) is 11.4. The Balaban J connectivity index is 1.39. The van der Waals surface area contributed by atoms with Crippen LogP contribution in [0.3, 0.4) is 0 Å². The molecule has 1 aromatic heterocycles. The number of rotatable bonds is 7. The van der Waals surface area contributed by atoms with Gasteiger partial charge in [-0.15, -0.1) is 11.3 Å². The summed E-state index contributed by atoms with van der Waals surface area (Å²) in [6, 6.07) is 7.87. The highest BCUT2D eigenvalue weighted by Crippen LogP contribution is 2.49. The van der Waals surface area contributed by atoms with Crippen LogP contribution < -0.4 is 4.90 Å². The van der Waals surface area contributed by atoms with Crippen molar-refractivity contribution in [3.05, 3.63) is 40.9 Å². The number of carbonyl (C=O) groups is 2. The maximum absolute atomic E-state index is 12.4. The average molecular weight is 413 g/mol. The molecular formula is C23H28N2O3S. The number of aryl methyl sites for hydroxylation is 1. The molecule has 6 heteroatoms. The smallest absolute Gasteiger partial charge is 0.306 e. The highest BCUT2D eigenvalue weighted by atomic mass is 32.1. The largest absolute Gasteiger partial charge is 0.459 e. The van der Waals surface area contributed by atoms with Gasteiger partial charge in [0.25, 0.3) is 0 Å². The molecule has 0 spiro atoms. The Kier molecular flexibility index (Phi) is 5.99. The summed E-state index contributed by atoms with van der Waals surface area (Å²) in [6.07, 6.45) is 6.46. The normalized spacial score (nSPS) is 22.6. The van der Waals surface area contributed by atoms with Crippen molar-refractivity contribution in [1.82, 2.24) is 4.98 Å². The average Bonchev–Trinajstić information content (AvgIpc) is 3.44. The maximum atomic E-state index is 12.4. The van der Waals surface area contributed by atoms with Crippen molar-refractivity contribution in [2.75, 3.05) is 4.90 Å². The van der Waals surface area contributed by atoms with Crippen LogP contribution in [0.25, 0.3) is 0 Å². The molecule has 2 bridgehead atoms. The van der Waals surface area contributed by atoms with Crippen molar-refractivity contribution in [3.8, 4) is 0 Å². The Morgan fingerprint density at radius 2 is 2.07 bits per heavy atom. The monoisotopic (exact) mass is 412 g/mol. The van der Waals surface area contributed by atoms with Crippen molar-refractivity contribution < 1.29 is 14.3 Å². The number of thiazole rings is 1. The van der Waals surface area contributed by atoms with Crippen molar-refractivity contribution >= 4 is 34.0 Å². The van der Waals surface area contributed by atoms with Gasteiger partial charge in [0.1, 0.15) is 6.61 Å². The van der Waals surface area contributed by atoms with Crippen LogP contribution in [-0.4, -0.2) is 16.9 Å². The molecule has 2 fully saturated rings. The van der Waals surface area contributed by atoms with Crippen LogP contribution in [-0.2, 0) is 27.4 Å². The first-order chi connectivity index (χ1) is 14.0. The molecule has 1 heterocycles. The molecule has 29 heavy (non-hydrogen) atoms. The predicted octanol–water partition coefficient (Wildman–Crippen LogP) is 5.26. The van der Waals surface area contributed by atoms with Crippen LogP contribution in [0.1, 0.15) is 57.2 Å². The molecule has 0 radical (unpaired) electrons. The first kappa shape index (κ1) is 20.1. The van der Waals surface area contributed by atoms with Gasteiger partial charge in [0.05, 0.1) is 11.4 Å². The molecule has 1 amide bonds. The molecule has 0 aliphatic heterocycles. The van der Waals surface area contributed by atoms with E-state index in [0.717, 1.165) is 29.5 Å². The summed E-state index contributed by atoms with van der Waals surface area (Å²) in [6.45, 7) is 3.78. The van der Waals surface area contributed by atoms with E-state index in [4.69, 9.17) is 4.74 Å². The van der Waals surface area contributed by atoms with Gasteiger partial charge in [-0.1, -0.05) is 31.5 Å². The van der Waals surface area contributed by atoms with E-state index in [9.17, 15) is 9.59 Å². The van der Waals surface area contributed by atoms with Gasteiger partial charge in [-0.25, -0.2) is 4.98 Å². The Labute approximate surface area is 176 Å². The van der Waals surface area contributed by atoms with Crippen LogP contribution in [0.5, 0.6) is 0 Å². The fraction of sp³-hybridized carbons (Fsp3) is 0.522. The lowest BCUT2D eigenvalue weighted by atomic mass is 9.86. The number of fused-ring (bicyclic) bond motifs is 2. The fourth-order valence-electron chi connectivity index (χ4n) is 4.95. The molecular weight excluding hydrogens is 384 g/mol. The van der Waals surface area contributed by atoms with Gasteiger partial charge in [0.15, 0.2) is 5.13 Å². The van der Waals surface area contributed by atoms with Crippen LogP contribution >= 0.6 is 11.3 Å². The molecule has 0 unspecified atom stereocenters. The highest BCUT2D eigenvalue weighted by Gasteiger charge is 2.40. The van der Waals surface area contributed by atoms with E-state index in [1.54, 1.807) is 11.8 Å². The van der Waals surface area contributed by atoms with Crippen LogP contribution in [0.4, 0.5) is 10.8 Å². The fourth-order valence-corrected chi connectivity index (χ4v) is 5.82. The van der Waals surface area contributed by atoms with Crippen molar-refractivity contribution in [2.24, 2.45) is 17.8 Å². The third-order valence-corrected chi connectivity index (χ3v) is 7.23. The molecule has 3 atom stereocenters. The van der Waals surface area contributed by atoms with Gasteiger partial charge in [-0.3, -0.25) is 14.5 Å². The van der Waals surface area contributed by atoms with E-state index < -0.39 is 0 Å². The van der Waals surface area contributed by atoms with Crippen LogP contribution in [0, 0.1) is 17.8 Å². The van der Waals surface area contributed by atoms with Gasteiger partial charge in [0, 0.05) is 18.7 Å². The summed E-state index contributed by atoms with van der Waals surface area (Å²) in [5.41, 5.74) is 2.64. The number of aromatic nitrogens is 1. The summed E-state index contributed by atoms with van der Waals surface area (Å²) in [4.78, 5) is 30.9. The number of amides is 1. The third kappa shape index (κ3) is 4.37. The van der Waals surface area contributed by atoms with E-state index in [0.29, 0.717) is 23.2 Å². The van der Waals surface area contributed by atoms with Crippen molar-refractivity contribution in [2.45, 2.75) is 59.0 Å². The Morgan fingerprint density at radius 1 is 1.24 bits per heavy atom. The summed E-state index contributed by atoms with van der Waals surface area (Å²) >= 11 is 1.40. The number of nitrogens with zero attached hydrogens (tertiary/aromatic N) is 2. The van der Waals surface area contributed by atoms with E-state index in [1.807, 2.05) is 29.6 Å². The van der Waals surface area contributed by atoms with Crippen LogP contribution in [0.2, 0.25) is 0 Å². The quantitative estimate of drug-likeness (QED) is 0.582. The summed E-state index contributed by atoms with van der Waals surface area (Å²) in [5.74, 6) is 1.85.